The van der Waals surface area contributed by atoms with Crippen LogP contribution in [0, 0.1) is 6.92 Å². The molecule has 14 heavy (non-hydrogen) atoms. The van der Waals surface area contributed by atoms with Crippen LogP contribution in [0.2, 0.25) is 0 Å². The first-order valence-electron chi connectivity index (χ1n) is 4.61. The summed E-state index contributed by atoms with van der Waals surface area (Å²) in [4.78, 5) is 12.6. The third kappa shape index (κ3) is 3.18. The number of nitrogens with zero attached hydrogens (tertiary/aromatic N) is 1. The number of carbonyl (C=O) groups is 1. The lowest BCUT2D eigenvalue weighted by molar-refractivity contribution is -0.118. The summed E-state index contributed by atoms with van der Waals surface area (Å²) in [5.41, 5.74) is 7.58. The molecule has 0 saturated heterocycles. The Hall–Kier alpha value is -1.35. The summed E-state index contributed by atoms with van der Waals surface area (Å²) >= 11 is 0. The minimum atomic E-state index is -0.291. The second-order valence-electron chi connectivity index (χ2n) is 3.57. The predicted octanol–water partition coefficient (Wildman–Crippen LogP) is 0.912. The molecule has 0 aliphatic carbocycles. The minimum Gasteiger partial charge on any atom is -0.369 e. The van der Waals surface area contributed by atoms with Gasteiger partial charge >= 0.3 is 0 Å². The molecule has 3 heteroatoms. The van der Waals surface area contributed by atoms with E-state index in [4.69, 9.17) is 5.73 Å². The van der Waals surface area contributed by atoms with Gasteiger partial charge in [-0.25, -0.2) is 0 Å². The highest BCUT2D eigenvalue weighted by Crippen LogP contribution is 2.08. The number of hydrogen-bond acceptors (Lipinski definition) is 2. The molecule has 2 N–H and O–H groups in total. The predicted molar refractivity (Wildman–Crippen MR) is 56.7 cm³/mol. The maximum Gasteiger partial charge on any atom is 0.231 e. The summed E-state index contributed by atoms with van der Waals surface area (Å²) in [7, 11) is 1.89. The Labute approximate surface area is 84.5 Å². The fraction of sp³-hybridized carbons (Fsp3) is 0.364. The Balaban J connectivity index is 2.60. The largest absolute Gasteiger partial charge is 0.369 e. The van der Waals surface area contributed by atoms with Crippen molar-refractivity contribution in [1.82, 2.24) is 4.90 Å². The monoisotopic (exact) mass is 192 g/mol. The van der Waals surface area contributed by atoms with Crippen molar-refractivity contribution in [3.8, 4) is 0 Å². The van der Waals surface area contributed by atoms with Crippen molar-refractivity contribution >= 4 is 5.91 Å². The van der Waals surface area contributed by atoms with Gasteiger partial charge in [-0.2, -0.15) is 0 Å². The molecular weight excluding hydrogens is 176 g/mol. The van der Waals surface area contributed by atoms with Crippen molar-refractivity contribution in [2.45, 2.75) is 13.5 Å². The number of aryl methyl sites for hydroxylation is 1. The lowest BCUT2D eigenvalue weighted by atomic mass is 10.1. The lowest BCUT2D eigenvalue weighted by Crippen LogP contribution is -2.30. The number of primary amides is 1. The molecule has 0 bridgehead atoms. The van der Waals surface area contributed by atoms with E-state index in [0.717, 1.165) is 6.54 Å². The molecule has 0 fully saturated rings. The molecular formula is C11H16N2O. The lowest BCUT2D eigenvalue weighted by Gasteiger charge is -2.15. The van der Waals surface area contributed by atoms with E-state index in [1.54, 1.807) is 0 Å². The van der Waals surface area contributed by atoms with Crippen molar-refractivity contribution in [2.75, 3.05) is 13.6 Å². The molecule has 1 aromatic rings. The van der Waals surface area contributed by atoms with Gasteiger partial charge in [0, 0.05) is 6.54 Å². The van der Waals surface area contributed by atoms with E-state index < -0.39 is 0 Å². The molecule has 3 nitrogen and oxygen atoms in total. The highest BCUT2D eigenvalue weighted by molar-refractivity contribution is 5.75. The molecule has 0 aliphatic heterocycles. The van der Waals surface area contributed by atoms with Crippen LogP contribution in [0.1, 0.15) is 11.1 Å². The molecule has 0 aromatic heterocycles. The van der Waals surface area contributed by atoms with E-state index >= 15 is 0 Å². The van der Waals surface area contributed by atoms with E-state index in [1.807, 2.05) is 24.1 Å². The summed E-state index contributed by atoms with van der Waals surface area (Å²) in [5, 5.41) is 0. The smallest absolute Gasteiger partial charge is 0.231 e. The maximum atomic E-state index is 10.7. The van der Waals surface area contributed by atoms with Crippen LogP contribution in [0.3, 0.4) is 0 Å². The highest BCUT2D eigenvalue weighted by Gasteiger charge is 2.04. The van der Waals surface area contributed by atoms with E-state index in [1.165, 1.54) is 11.1 Å². The number of amides is 1. The Morgan fingerprint density at radius 2 is 2.07 bits per heavy atom. The summed E-state index contributed by atoms with van der Waals surface area (Å²) in [6.07, 6.45) is 0. The molecule has 0 spiro atoms. The van der Waals surface area contributed by atoms with Crippen molar-refractivity contribution in [1.29, 1.82) is 0 Å². The first-order valence-corrected chi connectivity index (χ1v) is 4.61. The average Bonchev–Trinajstić information content (AvgIpc) is 2.07. The van der Waals surface area contributed by atoms with Gasteiger partial charge in [0.1, 0.15) is 0 Å². The van der Waals surface area contributed by atoms with Gasteiger partial charge in [-0.15, -0.1) is 0 Å². The van der Waals surface area contributed by atoms with Gasteiger partial charge < -0.3 is 5.73 Å². The first-order chi connectivity index (χ1) is 6.59. The standard InChI is InChI=1S/C11H16N2O/c1-9-5-3-4-6-10(9)7-13(2)8-11(12)14/h3-6H,7-8H2,1-2H3,(H2,12,14). The molecule has 0 heterocycles. The average molecular weight is 192 g/mol. The number of carbonyl (C=O) groups excluding carboxylic acids is 1. The topological polar surface area (TPSA) is 46.3 Å². The van der Waals surface area contributed by atoms with Crippen molar-refractivity contribution < 1.29 is 4.79 Å². The van der Waals surface area contributed by atoms with E-state index in [9.17, 15) is 4.79 Å². The van der Waals surface area contributed by atoms with Gasteiger partial charge in [0.15, 0.2) is 0 Å². The van der Waals surface area contributed by atoms with Crippen LogP contribution < -0.4 is 5.73 Å². The maximum absolute atomic E-state index is 10.7. The third-order valence-electron chi connectivity index (χ3n) is 2.13. The normalized spacial score (nSPS) is 10.5. The van der Waals surface area contributed by atoms with Crippen LogP contribution >= 0.6 is 0 Å². The first kappa shape index (κ1) is 10.7. The van der Waals surface area contributed by atoms with Crippen molar-refractivity contribution in [3.63, 3.8) is 0 Å². The Kier molecular flexibility index (Phi) is 3.65. The fourth-order valence-electron chi connectivity index (χ4n) is 1.40. The van der Waals surface area contributed by atoms with E-state index in [2.05, 4.69) is 19.1 Å². The van der Waals surface area contributed by atoms with Gasteiger partial charge in [0.2, 0.25) is 5.91 Å². The van der Waals surface area contributed by atoms with Gasteiger partial charge in [-0.1, -0.05) is 24.3 Å². The van der Waals surface area contributed by atoms with Gasteiger partial charge in [-0.05, 0) is 25.1 Å². The molecule has 1 aromatic carbocycles. The number of rotatable bonds is 4. The minimum absolute atomic E-state index is 0.291. The number of hydrogen-bond donors (Lipinski definition) is 1. The number of nitrogens with two attached hydrogens (primary N) is 1. The van der Waals surface area contributed by atoms with E-state index in [0.29, 0.717) is 6.54 Å². The molecule has 0 atom stereocenters. The zero-order valence-electron chi connectivity index (χ0n) is 8.66. The SMILES string of the molecule is Cc1ccccc1CN(C)CC(N)=O. The van der Waals surface area contributed by atoms with Crippen molar-refractivity contribution in [3.05, 3.63) is 35.4 Å². The molecule has 0 unspecified atom stereocenters. The Morgan fingerprint density at radius 3 is 2.64 bits per heavy atom. The third-order valence-corrected chi connectivity index (χ3v) is 2.13. The molecule has 0 saturated carbocycles. The van der Waals surface area contributed by atoms with E-state index in [-0.39, 0.29) is 5.91 Å². The number of benzene rings is 1. The quantitative estimate of drug-likeness (QED) is 0.770. The molecule has 76 valence electrons. The summed E-state index contributed by atoms with van der Waals surface area (Å²) < 4.78 is 0. The Morgan fingerprint density at radius 1 is 1.43 bits per heavy atom. The van der Waals surface area contributed by atoms with Gasteiger partial charge in [0.05, 0.1) is 6.54 Å². The van der Waals surface area contributed by atoms with Crippen LogP contribution in [0.4, 0.5) is 0 Å². The second-order valence-corrected chi connectivity index (χ2v) is 3.57. The van der Waals surface area contributed by atoms with Gasteiger partial charge in [-0.3, -0.25) is 9.69 Å². The van der Waals surface area contributed by atoms with Crippen molar-refractivity contribution in [2.24, 2.45) is 5.73 Å². The van der Waals surface area contributed by atoms with Crippen LogP contribution in [0.25, 0.3) is 0 Å². The molecule has 1 amide bonds. The molecule has 0 aliphatic rings. The van der Waals surface area contributed by atoms with Crippen LogP contribution in [-0.4, -0.2) is 24.4 Å². The second kappa shape index (κ2) is 4.77. The fourth-order valence-corrected chi connectivity index (χ4v) is 1.40. The molecule has 1 rings (SSSR count). The summed E-state index contributed by atoms with van der Waals surface area (Å²) in [6.45, 7) is 3.12. The number of likely N-dealkylation sites (N-methyl/N-ethyl adjacent to an activating group) is 1. The Bertz CT molecular complexity index is 323. The summed E-state index contributed by atoms with van der Waals surface area (Å²) in [5.74, 6) is -0.291. The molecule has 0 radical (unpaired) electrons. The summed E-state index contributed by atoms with van der Waals surface area (Å²) in [6, 6.07) is 8.13. The van der Waals surface area contributed by atoms with Crippen LogP contribution in [0.15, 0.2) is 24.3 Å². The zero-order chi connectivity index (χ0) is 10.6. The van der Waals surface area contributed by atoms with Crippen LogP contribution in [-0.2, 0) is 11.3 Å². The van der Waals surface area contributed by atoms with Gasteiger partial charge in [0.25, 0.3) is 0 Å². The van der Waals surface area contributed by atoms with Crippen LogP contribution in [0.5, 0.6) is 0 Å². The highest BCUT2D eigenvalue weighted by atomic mass is 16.1. The zero-order valence-corrected chi connectivity index (χ0v) is 8.66.